The standard InChI is InChI=1S/C15H17NO4/c1-19-15(18)11-7-5-10(6-8-11)14(17)16-12-3-2-4-13(16)20-9-12/h5-8,12-13H,2-4,9H2,1H3. The zero-order valence-electron chi connectivity index (χ0n) is 11.4. The molecule has 0 spiro atoms. The highest BCUT2D eigenvalue weighted by molar-refractivity contribution is 5.96. The van der Waals surface area contributed by atoms with Crippen LogP contribution in [-0.4, -0.2) is 42.8 Å². The van der Waals surface area contributed by atoms with Crippen LogP contribution in [0, 0.1) is 0 Å². The molecule has 2 atom stereocenters. The fourth-order valence-corrected chi connectivity index (χ4v) is 2.90. The SMILES string of the molecule is COC(=O)c1ccc(C(=O)N2C3CCCC2OC3)cc1. The van der Waals surface area contributed by atoms with E-state index in [1.165, 1.54) is 7.11 Å². The number of hydrogen-bond donors (Lipinski definition) is 0. The summed E-state index contributed by atoms with van der Waals surface area (Å²) in [4.78, 5) is 25.8. The zero-order chi connectivity index (χ0) is 14.1. The van der Waals surface area contributed by atoms with E-state index in [4.69, 9.17) is 4.74 Å². The van der Waals surface area contributed by atoms with Gasteiger partial charge in [0.15, 0.2) is 0 Å². The lowest BCUT2D eigenvalue weighted by molar-refractivity contribution is 0.0124. The van der Waals surface area contributed by atoms with E-state index in [0.29, 0.717) is 17.7 Å². The lowest BCUT2D eigenvalue weighted by atomic mass is 10.0. The lowest BCUT2D eigenvalue weighted by Crippen LogP contribution is -2.44. The molecule has 2 aliphatic rings. The first kappa shape index (κ1) is 13.1. The van der Waals surface area contributed by atoms with Crippen molar-refractivity contribution in [3.63, 3.8) is 0 Å². The van der Waals surface area contributed by atoms with Crippen LogP contribution in [0.3, 0.4) is 0 Å². The smallest absolute Gasteiger partial charge is 0.337 e. The van der Waals surface area contributed by atoms with Crippen molar-refractivity contribution in [2.24, 2.45) is 0 Å². The number of methoxy groups -OCH3 is 1. The number of esters is 1. The molecule has 0 radical (unpaired) electrons. The summed E-state index contributed by atoms with van der Waals surface area (Å²) >= 11 is 0. The minimum absolute atomic E-state index is 0.0198. The maximum absolute atomic E-state index is 12.5. The molecule has 5 nitrogen and oxygen atoms in total. The van der Waals surface area contributed by atoms with Gasteiger partial charge in [-0.3, -0.25) is 4.79 Å². The molecule has 0 aromatic heterocycles. The van der Waals surface area contributed by atoms with E-state index < -0.39 is 5.97 Å². The van der Waals surface area contributed by atoms with Gasteiger partial charge in [0.1, 0.15) is 6.23 Å². The zero-order valence-corrected chi connectivity index (χ0v) is 11.4. The fraction of sp³-hybridized carbons (Fsp3) is 0.467. The number of benzene rings is 1. The molecule has 0 aliphatic carbocycles. The van der Waals surface area contributed by atoms with Gasteiger partial charge in [-0.25, -0.2) is 4.79 Å². The summed E-state index contributed by atoms with van der Waals surface area (Å²) < 4.78 is 10.3. The number of carbonyl (C=O) groups excluding carboxylic acids is 2. The molecule has 5 heteroatoms. The van der Waals surface area contributed by atoms with Crippen molar-refractivity contribution in [3.8, 4) is 0 Å². The van der Waals surface area contributed by atoms with E-state index in [9.17, 15) is 9.59 Å². The highest BCUT2D eigenvalue weighted by Crippen LogP contribution is 2.31. The Hall–Kier alpha value is -1.88. The number of nitrogens with zero attached hydrogens (tertiary/aromatic N) is 1. The summed E-state index contributed by atoms with van der Waals surface area (Å²) in [5, 5.41) is 0. The van der Waals surface area contributed by atoms with Crippen LogP contribution >= 0.6 is 0 Å². The van der Waals surface area contributed by atoms with Crippen molar-refractivity contribution in [3.05, 3.63) is 35.4 Å². The molecule has 20 heavy (non-hydrogen) atoms. The van der Waals surface area contributed by atoms with Gasteiger partial charge < -0.3 is 14.4 Å². The summed E-state index contributed by atoms with van der Waals surface area (Å²) in [6, 6.07) is 6.77. The second-order valence-electron chi connectivity index (χ2n) is 5.15. The molecule has 3 rings (SSSR count). The first-order chi connectivity index (χ1) is 9.70. The van der Waals surface area contributed by atoms with Crippen LogP contribution in [0.1, 0.15) is 40.0 Å². The molecule has 0 N–H and O–H groups in total. The molecule has 2 heterocycles. The van der Waals surface area contributed by atoms with Crippen LogP contribution in [0.2, 0.25) is 0 Å². The minimum Gasteiger partial charge on any atom is -0.465 e. The van der Waals surface area contributed by atoms with Gasteiger partial charge in [-0.2, -0.15) is 0 Å². The topological polar surface area (TPSA) is 55.8 Å². The Bertz CT molecular complexity index is 509. The van der Waals surface area contributed by atoms with Crippen molar-refractivity contribution >= 4 is 11.9 Å². The molecular weight excluding hydrogens is 258 g/mol. The molecule has 106 valence electrons. The van der Waals surface area contributed by atoms with Crippen LogP contribution in [0.4, 0.5) is 0 Å². The van der Waals surface area contributed by atoms with E-state index in [-0.39, 0.29) is 18.2 Å². The molecule has 2 unspecified atom stereocenters. The van der Waals surface area contributed by atoms with Crippen LogP contribution in [0.15, 0.2) is 24.3 Å². The summed E-state index contributed by atoms with van der Waals surface area (Å²) in [5.41, 5.74) is 1.03. The average Bonchev–Trinajstić information content (AvgIpc) is 2.75. The van der Waals surface area contributed by atoms with Crippen molar-refractivity contribution in [1.82, 2.24) is 4.90 Å². The predicted octanol–water partition coefficient (Wildman–Crippen LogP) is 1.82. The summed E-state index contributed by atoms with van der Waals surface area (Å²) in [6.45, 7) is 0.636. The van der Waals surface area contributed by atoms with E-state index in [1.807, 2.05) is 4.90 Å². The van der Waals surface area contributed by atoms with E-state index in [0.717, 1.165) is 19.3 Å². The molecule has 1 aromatic carbocycles. The summed E-state index contributed by atoms with van der Waals surface area (Å²) in [6.07, 6.45) is 2.94. The van der Waals surface area contributed by atoms with Crippen molar-refractivity contribution in [2.45, 2.75) is 31.5 Å². The number of ether oxygens (including phenoxy) is 2. The van der Waals surface area contributed by atoms with Gasteiger partial charge >= 0.3 is 5.97 Å². The fourth-order valence-electron chi connectivity index (χ4n) is 2.90. The monoisotopic (exact) mass is 275 g/mol. The largest absolute Gasteiger partial charge is 0.465 e. The van der Waals surface area contributed by atoms with Gasteiger partial charge in [0.2, 0.25) is 0 Å². The van der Waals surface area contributed by atoms with Gasteiger partial charge in [-0.05, 0) is 43.5 Å². The number of carbonyl (C=O) groups is 2. The summed E-state index contributed by atoms with van der Waals surface area (Å²) in [5.74, 6) is -0.418. The Morgan fingerprint density at radius 2 is 1.90 bits per heavy atom. The van der Waals surface area contributed by atoms with E-state index in [1.54, 1.807) is 24.3 Å². The predicted molar refractivity (Wildman–Crippen MR) is 71.3 cm³/mol. The van der Waals surface area contributed by atoms with Gasteiger partial charge in [-0.1, -0.05) is 0 Å². The Kier molecular flexibility index (Phi) is 3.44. The summed E-state index contributed by atoms with van der Waals surface area (Å²) in [7, 11) is 1.34. The van der Waals surface area contributed by atoms with Crippen molar-refractivity contribution < 1.29 is 19.1 Å². The van der Waals surface area contributed by atoms with Gasteiger partial charge in [-0.15, -0.1) is 0 Å². The van der Waals surface area contributed by atoms with Crippen LogP contribution < -0.4 is 0 Å². The third-order valence-electron chi connectivity index (χ3n) is 3.96. The van der Waals surface area contributed by atoms with Gasteiger partial charge in [0.05, 0.1) is 25.3 Å². The second-order valence-corrected chi connectivity index (χ2v) is 5.15. The highest BCUT2D eigenvalue weighted by Gasteiger charge is 2.40. The molecule has 2 saturated heterocycles. The molecule has 0 saturated carbocycles. The highest BCUT2D eigenvalue weighted by atomic mass is 16.5. The van der Waals surface area contributed by atoms with Gasteiger partial charge in [0, 0.05) is 5.56 Å². The first-order valence-corrected chi connectivity index (χ1v) is 6.83. The normalized spacial score (nSPS) is 24.6. The Labute approximate surface area is 117 Å². The van der Waals surface area contributed by atoms with Crippen LogP contribution in [0.25, 0.3) is 0 Å². The molecular formula is C15H17NO4. The maximum Gasteiger partial charge on any atom is 0.337 e. The number of amides is 1. The van der Waals surface area contributed by atoms with Crippen LogP contribution in [-0.2, 0) is 9.47 Å². The number of fused-ring (bicyclic) bond motifs is 2. The lowest BCUT2D eigenvalue weighted by Gasteiger charge is -2.32. The average molecular weight is 275 g/mol. The van der Waals surface area contributed by atoms with Crippen LogP contribution in [0.5, 0.6) is 0 Å². The molecule has 2 bridgehead atoms. The molecule has 2 aliphatic heterocycles. The molecule has 2 fully saturated rings. The number of piperidine rings is 1. The third-order valence-corrected chi connectivity index (χ3v) is 3.96. The molecule has 1 amide bonds. The quantitative estimate of drug-likeness (QED) is 0.773. The Morgan fingerprint density at radius 1 is 1.20 bits per heavy atom. The second kappa shape index (κ2) is 5.25. The van der Waals surface area contributed by atoms with Crippen molar-refractivity contribution in [1.29, 1.82) is 0 Å². The Morgan fingerprint density at radius 3 is 2.55 bits per heavy atom. The van der Waals surface area contributed by atoms with Crippen molar-refractivity contribution in [2.75, 3.05) is 13.7 Å². The Balaban J connectivity index is 1.79. The van der Waals surface area contributed by atoms with Gasteiger partial charge in [0.25, 0.3) is 5.91 Å². The number of hydrogen-bond acceptors (Lipinski definition) is 4. The minimum atomic E-state index is -0.398. The molecule has 1 aromatic rings. The maximum atomic E-state index is 12.5. The first-order valence-electron chi connectivity index (χ1n) is 6.83. The third kappa shape index (κ3) is 2.18. The number of rotatable bonds is 2. The van der Waals surface area contributed by atoms with E-state index >= 15 is 0 Å². The van der Waals surface area contributed by atoms with E-state index in [2.05, 4.69) is 4.74 Å².